The summed E-state index contributed by atoms with van der Waals surface area (Å²) in [4.78, 5) is 12.0. The standard InChI is InChI=1S/C59H116O8S2/c1-49(2)19-13-21-51(5)23-15-25-53(7)27-17-29-55(9)33-36-64-47-57(66-37-34-56(10)30-18-28-54(8)26-16-24-52(6)22-14-20-50(3)4)48-65-43-42-62-39-38-61-40-41-63-44-45-67-59(60)32-12-11-31-58-35-46-68-69-58/h49-58H,11-48H2,1-10H3/t51?,52?,53?,54?,55?,56?,57-,58-/m0/s1. The molecule has 0 aromatic rings. The third-order valence-electron chi connectivity index (χ3n) is 14.3. The van der Waals surface area contributed by atoms with Gasteiger partial charge in [-0.25, -0.2) is 0 Å². The molecular weight excluding hydrogens is 901 g/mol. The Bertz CT molecular complexity index is 1090. The zero-order valence-electron chi connectivity index (χ0n) is 47.2. The molecule has 8 atom stereocenters. The van der Waals surface area contributed by atoms with E-state index in [2.05, 4.69) is 69.2 Å². The Kier molecular flexibility index (Phi) is 46.2. The second-order valence-corrected chi connectivity index (χ2v) is 25.6. The Hall–Kier alpha value is -0.0700. The number of hydrogen-bond donors (Lipinski definition) is 0. The van der Waals surface area contributed by atoms with Gasteiger partial charge in [0.25, 0.3) is 0 Å². The number of ether oxygens (including phenoxy) is 7. The lowest BCUT2D eigenvalue weighted by atomic mass is 9.91. The van der Waals surface area contributed by atoms with Crippen LogP contribution in [0.5, 0.6) is 0 Å². The first kappa shape index (κ1) is 66.9. The monoisotopic (exact) mass is 1020 g/mol. The van der Waals surface area contributed by atoms with E-state index in [1.165, 1.54) is 134 Å². The van der Waals surface area contributed by atoms with Gasteiger partial charge in [-0.05, 0) is 79.4 Å². The Balaban J connectivity index is 2.26. The van der Waals surface area contributed by atoms with Crippen molar-refractivity contribution >= 4 is 27.6 Å². The fourth-order valence-electron chi connectivity index (χ4n) is 9.32. The van der Waals surface area contributed by atoms with Gasteiger partial charge in [0.1, 0.15) is 12.7 Å². The van der Waals surface area contributed by atoms with Crippen LogP contribution < -0.4 is 0 Å². The van der Waals surface area contributed by atoms with Crippen LogP contribution in [0, 0.1) is 47.3 Å². The predicted octanol–water partition coefficient (Wildman–Crippen LogP) is 16.6. The molecule has 1 aliphatic rings. The van der Waals surface area contributed by atoms with Gasteiger partial charge in [0.2, 0.25) is 0 Å². The van der Waals surface area contributed by atoms with E-state index in [0.717, 1.165) is 79.7 Å². The number of carbonyl (C=O) groups excluding carboxylic acids is 1. The van der Waals surface area contributed by atoms with Gasteiger partial charge in [-0.3, -0.25) is 4.79 Å². The van der Waals surface area contributed by atoms with Crippen LogP contribution >= 0.6 is 21.6 Å². The van der Waals surface area contributed by atoms with E-state index in [1.54, 1.807) is 0 Å². The minimum absolute atomic E-state index is 0.0734. The van der Waals surface area contributed by atoms with Gasteiger partial charge in [0.05, 0.1) is 59.5 Å². The summed E-state index contributed by atoms with van der Waals surface area (Å²) in [5.41, 5.74) is 0. The maximum Gasteiger partial charge on any atom is 0.305 e. The Labute approximate surface area is 437 Å². The summed E-state index contributed by atoms with van der Waals surface area (Å²) in [6, 6.07) is 0. The number of carbonyl (C=O) groups is 1. The van der Waals surface area contributed by atoms with Crippen molar-refractivity contribution in [3.63, 3.8) is 0 Å². The minimum Gasteiger partial charge on any atom is -0.463 e. The molecule has 1 heterocycles. The van der Waals surface area contributed by atoms with Gasteiger partial charge in [-0.2, -0.15) is 0 Å². The lowest BCUT2D eigenvalue weighted by Gasteiger charge is -2.21. The van der Waals surface area contributed by atoms with Crippen molar-refractivity contribution in [3.8, 4) is 0 Å². The third-order valence-corrected chi connectivity index (χ3v) is 17.4. The number of rotatable bonds is 52. The van der Waals surface area contributed by atoms with Gasteiger partial charge in [0, 0.05) is 30.6 Å². The van der Waals surface area contributed by atoms with E-state index >= 15 is 0 Å². The Morgan fingerprint density at radius 3 is 1.22 bits per heavy atom. The largest absolute Gasteiger partial charge is 0.463 e. The quantitative estimate of drug-likeness (QED) is 0.0334. The van der Waals surface area contributed by atoms with Crippen molar-refractivity contribution in [2.24, 2.45) is 47.3 Å². The molecule has 10 heteroatoms. The first-order chi connectivity index (χ1) is 33.3. The first-order valence-corrected chi connectivity index (χ1v) is 31.7. The summed E-state index contributed by atoms with van der Waals surface area (Å²) < 4.78 is 41.0. The van der Waals surface area contributed by atoms with Crippen molar-refractivity contribution < 1.29 is 38.0 Å². The molecule has 1 saturated heterocycles. The van der Waals surface area contributed by atoms with Crippen LogP contribution in [0.1, 0.15) is 230 Å². The predicted molar refractivity (Wildman–Crippen MR) is 299 cm³/mol. The van der Waals surface area contributed by atoms with Gasteiger partial charge >= 0.3 is 5.97 Å². The highest BCUT2D eigenvalue weighted by molar-refractivity contribution is 8.77. The average molecular weight is 1020 g/mol. The molecule has 0 aliphatic carbocycles. The summed E-state index contributed by atoms with van der Waals surface area (Å²) in [6.45, 7) is 30.2. The highest BCUT2D eigenvalue weighted by Crippen LogP contribution is 2.40. The number of hydrogen-bond acceptors (Lipinski definition) is 10. The maximum absolute atomic E-state index is 12.0. The molecule has 0 saturated carbocycles. The highest BCUT2D eigenvalue weighted by atomic mass is 33.1. The van der Waals surface area contributed by atoms with Gasteiger partial charge in [-0.1, -0.05) is 213 Å². The van der Waals surface area contributed by atoms with Crippen molar-refractivity contribution in [1.82, 2.24) is 0 Å². The first-order valence-electron chi connectivity index (χ1n) is 29.3. The number of unbranched alkanes of at least 4 members (excludes halogenated alkanes) is 1. The highest BCUT2D eigenvalue weighted by Gasteiger charge is 2.17. The Morgan fingerprint density at radius 2 is 0.797 bits per heavy atom. The molecule has 412 valence electrons. The summed E-state index contributed by atoms with van der Waals surface area (Å²) in [5, 5.41) is 0.767. The van der Waals surface area contributed by atoms with Crippen LogP contribution in [0.15, 0.2) is 0 Å². The molecule has 0 amide bonds. The second-order valence-electron chi connectivity index (χ2n) is 22.9. The smallest absolute Gasteiger partial charge is 0.305 e. The zero-order valence-corrected chi connectivity index (χ0v) is 48.9. The van der Waals surface area contributed by atoms with Crippen molar-refractivity contribution in [1.29, 1.82) is 0 Å². The minimum atomic E-state index is -0.125. The molecule has 69 heavy (non-hydrogen) atoms. The van der Waals surface area contributed by atoms with Crippen LogP contribution in [-0.4, -0.2) is 102 Å². The summed E-state index contributed by atoms with van der Waals surface area (Å²) in [6.07, 6.45) is 31.6. The summed E-state index contributed by atoms with van der Waals surface area (Å²) in [7, 11) is 3.97. The van der Waals surface area contributed by atoms with Crippen LogP contribution in [0.4, 0.5) is 0 Å². The van der Waals surface area contributed by atoms with Crippen molar-refractivity contribution in [2.45, 2.75) is 241 Å². The van der Waals surface area contributed by atoms with Crippen LogP contribution in [0.3, 0.4) is 0 Å². The molecule has 1 aliphatic heterocycles. The lowest BCUT2D eigenvalue weighted by molar-refractivity contribution is -0.145. The fourth-order valence-corrected chi connectivity index (χ4v) is 12.3. The normalized spacial score (nSPS) is 17.4. The topological polar surface area (TPSA) is 81.7 Å². The van der Waals surface area contributed by atoms with E-state index < -0.39 is 0 Å². The number of esters is 1. The van der Waals surface area contributed by atoms with Gasteiger partial charge < -0.3 is 33.2 Å². The molecule has 8 nitrogen and oxygen atoms in total. The van der Waals surface area contributed by atoms with Gasteiger partial charge in [-0.15, -0.1) is 0 Å². The average Bonchev–Trinajstić information content (AvgIpc) is 3.82. The van der Waals surface area contributed by atoms with Crippen molar-refractivity contribution in [2.75, 3.05) is 85.0 Å². The van der Waals surface area contributed by atoms with Crippen LogP contribution in [-0.2, 0) is 38.0 Å². The van der Waals surface area contributed by atoms with E-state index in [-0.39, 0.29) is 12.1 Å². The zero-order chi connectivity index (χ0) is 50.6. The van der Waals surface area contributed by atoms with Crippen molar-refractivity contribution in [3.05, 3.63) is 0 Å². The molecule has 0 bridgehead atoms. The van der Waals surface area contributed by atoms with E-state index in [4.69, 9.17) is 33.2 Å². The summed E-state index contributed by atoms with van der Waals surface area (Å²) >= 11 is 0. The maximum atomic E-state index is 12.0. The Morgan fingerprint density at radius 1 is 0.420 bits per heavy atom. The fraction of sp³-hybridized carbons (Fsp3) is 0.983. The van der Waals surface area contributed by atoms with E-state index in [9.17, 15) is 4.79 Å². The summed E-state index contributed by atoms with van der Waals surface area (Å²) in [5.74, 6) is 7.54. The lowest BCUT2D eigenvalue weighted by Crippen LogP contribution is -2.28. The van der Waals surface area contributed by atoms with Gasteiger partial charge in [0.15, 0.2) is 0 Å². The second kappa shape index (κ2) is 47.6. The van der Waals surface area contributed by atoms with E-state index in [1.807, 2.05) is 21.6 Å². The molecular formula is C59H116O8S2. The molecule has 0 aromatic carbocycles. The molecule has 0 radical (unpaired) electrons. The van der Waals surface area contributed by atoms with E-state index in [0.29, 0.717) is 84.3 Å². The molecule has 1 fully saturated rings. The van der Waals surface area contributed by atoms with Crippen LogP contribution in [0.25, 0.3) is 0 Å². The molecule has 0 spiro atoms. The molecule has 1 rings (SSSR count). The third kappa shape index (κ3) is 46.2. The molecule has 6 unspecified atom stereocenters. The molecule has 0 N–H and O–H groups in total. The SMILES string of the molecule is CC(C)CCCC(C)CCCC(C)CCCC(C)CCOC[C@@H](COCCOCCOCCOCCOC(=O)CCCC[C@H]1CCSS1)OCCC(C)CCCC(C)CCCC(C)CCCC(C)C. The van der Waals surface area contributed by atoms with Crippen LogP contribution in [0.2, 0.25) is 0 Å². The molecule has 0 aromatic heterocycles.